The number of carbonyl (C=O) groups is 1. The third-order valence-electron chi connectivity index (χ3n) is 5.31. The summed E-state index contributed by atoms with van der Waals surface area (Å²) in [5.74, 6) is 0.750. The first-order chi connectivity index (χ1) is 13.6. The van der Waals surface area contributed by atoms with Gasteiger partial charge in [-0.15, -0.1) is 0 Å². The zero-order valence-electron chi connectivity index (χ0n) is 15.7. The molecule has 0 bridgehead atoms. The van der Waals surface area contributed by atoms with Crippen molar-refractivity contribution in [2.45, 2.75) is 38.3 Å². The van der Waals surface area contributed by atoms with Crippen LogP contribution in [0.25, 0.3) is 5.82 Å². The number of aliphatic hydroxyl groups excluding tert-OH is 1. The molecule has 0 aromatic carbocycles. The summed E-state index contributed by atoms with van der Waals surface area (Å²) < 4.78 is 1.66. The van der Waals surface area contributed by atoms with Crippen molar-refractivity contribution < 1.29 is 9.90 Å². The van der Waals surface area contributed by atoms with Crippen LogP contribution in [0.5, 0.6) is 0 Å². The minimum Gasteiger partial charge on any atom is -0.393 e. The maximum atomic E-state index is 13.0. The van der Waals surface area contributed by atoms with Gasteiger partial charge in [0.05, 0.1) is 23.6 Å². The fourth-order valence-electron chi connectivity index (χ4n) is 3.63. The molecule has 1 amide bonds. The van der Waals surface area contributed by atoms with E-state index in [1.54, 1.807) is 23.3 Å². The van der Waals surface area contributed by atoms with E-state index in [2.05, 4.69) is 20.4 Å². The van der Waals surface area contributed by atoms with Gasteiger partial charge in [0.1, 0.15) is 0 Å². The average molecular weight is 377 g/mol. The highest BCUT2D eigenvalue weighted by Crippen LogP contribution is 2.31. The summed E-state index contributed by atoms with van der Waals surface area (Å²) in [6, 6.07) is 11.3. The molecule has 1 aliphatic rings. The maximum Gasteiger partial charge on any atom is 0.255 e. The van der Waals surface area contributed by atoms with Crippen molar-refractivity contribution >= 4 is 5.91 Å². The number of nitrogens with zero attached hydrogens (tertiary/aromatic N) is 4. The summed E-state index contributed by atoms with van der Waals surface area (Å²) in [6.07, 6.45) is 6.78. The average Bonchev–Trinajstić information content (AvgIpc) is 3.08. The molecule has 0 saturated heterocycles. The van der Waals surface area contributed by atoms with Crippen LogP contribution in [0, 0.1) is 12.8 Å². The van der Waals surface area contributed by atoms with Gasteiger partial charge in [0, 0.05) is 30.6 Å². The van der Waals surface area contributed by atoms with Gasteiger partial charge in [0.2, 0.25) is 0 Å². The Balaban J connectivity index is 1.52. The van der Waals surface area contributed by atoms with E-state index in [0.717, 1.165) is 11.4 Å². The number of nitrogens with one attached hydrogen (secondary N) is 1. The Hall–Kier alpha value is -3.06. The fraction of sp³-hybridized carbons (Fsp3) is 0.333. The van der Waals surface area contributed by atoms with Gasteiger partial charge in [-0.1, -0.05) is 12.1 Å². The van der Waals surface area contributed by atoms with E-state index in [9.17, 15) is 9.90 Å². The largest absolute Gasteiger partial charge is 0.393 e. The Morgan fingerprint density at radius 1 is 1.21 bits per heavy atom. The Bertz CT molecular complexity index is 936. The monoisotopic (exact) mass is 377 g/mol. The lowest BCUT2D eigenvalue weighted by Crippen LogP contribution is -2.48. The van der Waals surface area contributed by atoms with E-state index >= 15 is 0 Å². The van der Waals surface area contributed by atoms with Crippen LogP contribution < -0.4 is 5.32 Å². The van der Waals surface area contributed by atoms with Gasteiger partial charge in [0.15, 0.2) is 5.82 Å². The number of aliphatic hydroxyl groups is 1. The molecule has 0 unspecified atom stereocenters. The zero-order chi connectivity index (χ0) is 19.5. The van der Waals surface area contributed by atoms with E-state index in [-0.39, 0.29) is 24.0 Å². The van der Waals surface area contributed by atoms with Crippen molar-refractivity contribution in [3.63, 3.8) is 0 Å². The van der Waals surface area contributed by atoms with Crippen LogP contribution in [0.4, 0.5) is 0 Å². The van der Waals surface area contributed by atoms with E-state index in [0.29, 0.717) is 30.6 Å². The van der Waals surface area contributed by atoms with Gasteiger partial charge in [-0.3, -0.25) is 9.78 Å². The first-order valence-corrected chi connectivity index (χ1v) is 9.46. The highest BCUT2D eigenvalue weighted by molar-refractivity contribution is 5.95. The van der Waals surface area contributed by atoms with Crippen LogP contribution in [-0.2, 0) is 6.42 Å². The van der Waals surface area contributed by atoms with E-state index < -0.39 is 0 Å². The molecule has 1 fully saturated rings. The standard InChI is InChI=1S/C21H23N5O2/c1-14-18(13-24-26(14)20-7-3-5-9-23-20)21(28)25-19(15-10-17(27)11-15)12-16-6-2-4-8-22-16/h2-9,13,15,17,19,27H,10-12H2,1H3,(H,25,28)/t15?,17?,19-/m0/s1. The Morgan fingerprint density at radius 2 is 1.96 bits per heavy atom. The van der Waals surface area contributed by atoms with Crippen LogP contribution in [-0.4, -0.2) is 42.9 Å². The normalized spacial score (nSPS) is 19.6. The van der Waals surface area contributed by atoms with Crippen molar-refractivity contribution in [2.75, 3.05) is 0 Å². The van der Waals surface area contributed by atoms with Crippen LogP contribution in [0.15, 0.2) is 55.0 Å². The highest BCUT2D eigenvalue weighted by Gasteiger charge is 2.35. The topological polar surface area (TPSA) is 92.9 Å². The SMILES string of the molecule is Cc1c(C(=O)N[C@@H](Cc2ccccn2)C2CC(O)C2)cnn1-c1ccccn1. The van der Waals surface area contributed by atoms with Crippen molar-refractivity contribution in [2.24, 2.45) is 5.92 Å². The summed E-state index contributed by atoms with van der Waals surface area (Å²) in [5.41, 5.74) is 2.19. The molecule has 7 nitrogen and oxygen atoms in total. The fourth-order valence-corrected chi connectivity index (χ4v) is 3.63. The van der Waals surface area contributed by atoms with Gasteiger partial charge in [-0.2, -0.15) is 5.10 Å². The molecule has 0 spiro atoms. The Labute approximate surface area is 163 Å². The zero-order valence-corrected chi connectivity index (χ0v) is 15.7. The first kappa shape index (κ1) is 18.3. The van der Waals surface area contributed by atoms with Crippen LogP contribution >= 0.6 is 0 Å². The second-order valence-electron chi connectivity index (χ2n) is 7.23. The Morgan fingerprint density at radius 3 is 2.61 bits per heavy atom. The second-order valence-corrected chi connectivity index (χ2v) is 7.23. The molecule has 2 N–H and O–H groups in total. The molecule has 3 aromatic rings. The molecule has 3 heterocycles. The molecule has 4 rings (SSSR count). The minimum atomic E-state index is -0.276. The van der Waals surface area contributed by atoms with Crippen LogP contribution in [0.2, 0.25) is 0 Å². The van der Waals surface area contributed by atoms with Crippen molar-refractivity contribution in [3.8, 4) is 5.82 Å². The van der Waals surface area contributed by atoms with E-state index in [4.69, 9.17) is 0 Å². The van der Waals surface area contributed by atoms with Crippen molar-refractivity contribution in [1.82, 2.24) is 25.1 Å². The first-order valence-electron chi connectivity index (χ1n) is 9.46. The third-order valence-corrected chi connectivity index (χ3v) is 5.31. The minimum absolute atomic E-state index is 0.0802. The lowest BCUT2D eigenvalue weighted by Gasteiger charge is -2.38. The molecular formula is C21H23N5O2. The lowest BCUT2D eigenvalue weighted by molar-refractivity contribution is 0.0237. The molecule has 1 aliphatic carbocycles. The summed E-state index contributed by atoms with van der Waals surface area (Å²) in [6.45, 7) is 1.86. The number of hydrogen-bond donors (Lipinski definition) is 2. The molecule has 1 saturated carbocycles. The highest BCUT2D eigenvalue weighted by atomic mass is 16.3. The quantitative estimate of drug-likeness (QED) is 0.686. The summed E-state index contributed by atoms with van der Waals surface area (Å²) in [4.78, 5) is 21.6. The van der Waals surface area contributed by atoms with Gasteiger partial charge < -0.3 is 10.4 Å². The summed E-state index contributed by atoms with van der Waals surface area (Å²) in [7, 11) is 0. The molecule has 3 aromatic heterocycles. The molecule has 0 aliphatic heterocycles. The number of pyridine rings is 2. The van der Waals surface area contributed by atoms with Gasteiger partial charge in [-0.25, -0.2) is 9.67 Å². The number of rotatable bonds is 6. The predicted molar refractivity (Wildman–Crippen MR) is 104 cm³/mol. The summed E-state index contributed by atoms with van der Waals surface area (Å²) in [5, 5.41) is 17.2. The molecule has 144 valence electrons. The maximum absolute atomic E-state index is 13.0. The van der Waals surface area contributed by atoms with Crippen molar-refractivity contribution in [3.05, 3.63) is 71.9 Å². The number of aromatic nitrogens is 4. The number of amides is 1. The number of hydrogen-bond acceptors (Lipinski definition) is 5. The molecule has 7 heteroatoms. The molecular weight excluding hydrogens is 354 g/mol. The summed E-state index contributed by atoms with van der Waals surface area (Å²) >= 11 is 0. The number of carbonyl (C=O) groups excluding carboxylic acids is 1. The van der Waals surface area contributed by atoms with Crippen molar-refractivity contribution in [1.29, 1.82) is 0 Å². The van der Waals surface area contributed by atoms with Gasteiger partial charge in [-0.05, 0) is 49.9 Å². The molecule has 1 atom stereocenters. The smallest absolute Gasteiger partial charge is 0.255 e. The molecule has 28 heavy (non-hydrogen) atoms. The van der Waals surface area contributed by atoms with Gasteiger partial charge >= 0.3 is 0 Å². The van der Waals surface area contributed by atoms with Crippen LogP contribution in [0.3, 0.4) is 0 Å². The van der Waals surface area contributed by atoms with Crippen LogP contribution in [0.1, 0.15) is 34.6 Å². The van der Waals surface area contributed by atoms with E-state index in [1.807, 2.05) is 43.3 Å². The Kier molecular flexibility index (Phi) is 5.16. The third kappa shape index (κ3) is 3.80. The van der Waals surface area contributed by atoms with Gasteiger partial charge in [0.25, 0.3) is 5.91 Å². The molecule has 0 radical (unpaired) electrons. The predicted octanol–water partition coefficient (Wildman–Crippen LogP) is 2.08. The lowest BCUT2D eigenvalue weighted by atomic mass is 9.76. The second kappa shape index (κ2) is 7.90. The van der Waals surface area contributed by atoms with E-state index in [1.165, 1.54) is 0 Å².